The van der Waals surface area contributed by atoms with E-state index in [4.69, 9.17) is 28.9 Å². The van der Waals surface area contributed by atoms with Crippen molar-refractivity contribution in [3.63, 3.8) is 0 Å². The fourth-order valence-corrected chi connectivity index (χ4v) is 4.76. The highest BCUT2D eigenvalue weighted by Crippen LogP contribution is 2.38. The number of rotatable bonds is 6. The van der Waals surface area contributed by atoms with Crippen LogP contribution in [0.25, 0.3) is 22.2 Å². The van der Waals surface area contributed by atoms with Crippen molar-refractivity contribution in [1.29, 1.82) is 0 Å². The van der Waals surface area contributed by atoms with Crippen LogP contribution in [0, 0.1) is 5.82 Å². The Bertz CT molecular complexity index is 1280. The van der Waals surface area contributed by atoms with Crippen molar-refractivity contribution in [2.24, 2.45) is 7.05 Å². The fourth-order valence-electron chi connectivity index (χ4n) is 3.38. The van der Waals surface area contributed by atoms with E-state index in [0.717, 1.165) is 5.56 Å². The van der Waals surface area contributed by atoms with E-state index in [-0.39, 0.29) is 0 Å². The van der Waals surface area contributed by atoms with Crippen molar-refractivity contribution in [2.75, 3.05) is 17.5 Å². The van der Waals surface area contributed by atoms with E-state index in [1.807, 2.05) is 14.1 Å². The van der Waals surface area contributed by atoms with Crippen molar-refractivity contribution in [2.45, 2.75) is 11.4 Å². The van der Waals surface area contributed by atoms with E-state index in [2.05, 4.69) is 20.0 Å². The molecule has 0 spiro atoms. The third-order valence-electron chi connectivity index (χ3n) is 4.79. The molecule has 0 saturated carbocycles. The molecule has 0 saturated heterocycles. The largest absolute Gasteiger partial charge is 0.383 e. The maximum absolute atomic E-state index is 15.5. The summed E-state index contributed by atoms with van der Waals surface area (Å²) in [6.45, 7) is 0.571. The van der Waals surface area contributed by atoms with Crippen molar-refractivity contribution in [3.8, 4) is 11.1 Å². The lowest BCUT2D eigenvalue weighted by atomic mass is 10.0. The number of hydrogen-bond acceptors (Lipinski definition) is 6. The quantitative estimate of drug-likeness (QED) is 0.318. The highest BCUT2D eigenvalue weighted by Gasteiger charge is 2.18. The van der Waals surface area contributed by atoms with Gasteiger partial charge in [-0.25, -0.2) is 14.4 Å². The number of benzene rings is 2. The summed E-state index contributed by atoms with van der Waals surface area (Å²) in [7, 11) is 3.66. The van der Waals surface area contributed by atoms with Gasteiger partial charge in [0.15, 0.2) is 5.82 Å². The first-order chi connectivity index (χ1) is 14.9. The van der Waals surface area contributed by atoms with Gasteiger partial charge in [-0.15, -0.1) is 0 Å². The normalized spacial score (nSPS) is 11.3. The number of nitrogens with one attached hydrogen (secondary N) is 2. The number of aromatic nitrogens is 3. The van der Waals surface area contributed by atoms with Crippen LogP contribution >= 0.6 is 35.1 Å². The average Bonchev–Trinajstić information content (AvgIpc) is 3.08. The van der Waals surface area contributed by atoms with E-state index < -0.39 is 5.82 Å². The van der Waals surface area contributed by atoms with Gasteiger partial charge in [0.1, 0.15) is 17.8 Å². The molecule has 4 N–H and O–H groups in total. The van der Waals surface area contributed by atoms with Crippen LogP contribution in [0.15, 0.2) is 47.8 Å². The average molecular weight is 477 g/mol. The molecule has 0 unspecified atom stereocenters. The predicted molar refractivity (Wildman–Crippen MR) is 127 cm³/mol. The van der Waals surface area contributed by atoms with E-state index in [1.165, 1.54) is 18.3 Å². The van der Waals surface area contributed by atoms with Crippen molar-refractivity contribution in [3.05, 3.63) is 64.3 Å². The van der Waals surface area contributed by atoms with E-state index in [1.54, 1.807) is 41.1 Å². The number of fused-ring (bicyclic) bond motifs is 1. The number of anilines is 2. The lowest BCUT2D eigenvalue weighted by Gasteiger charge is -2.13. The van der Waals surface area contributed by atoms with Gasteiger partial charge in [0.25, 0.3) is 0 Å². The third kappa shape index (κ3) is 4.16. The van der Waals surface area contributed by atoms with E-state index in [0.29, 0.717) is 55.2 Å². The summed E-state index contributed by atoms with van der Waals surface area (Å²) in [6.07, 6.45) is 3.19. The zero-order valence-corrected chi connectivity index (χ0v) is 19.0. The first kappa shape index (κ1) is 21.7. The molecule has 2 aromatic heterocycles. The molecule has 10 heteroatoms. The molecule has 0 fully saturated rings. The van der Waals surface area contributed by atoms with Crippen LogP contribution in [0.3, 0.4) is 0 Å². The predicted octanol–water partition coefficient (Wildman–Crippen LogP) is 5.50. The van der Waals surface area contributed by atoms with Gasteiger partial charge in [0, 0.05) is 40.8 Å². The van der Waals surface area contributed by atoms with Gasteiger partial charge in [-0.1, -0.05) is 35.3 Å². The third-order valence-corrected chi connectivity index (χ3v) is 6.43. The molecule has 0 aliphatic rings. The van der Waals surface area contributed by atoms with Gasteiger partial charge >= 0.3 is 0 Å². The zero-order valence-electron chi connectivity index (χ0n) is 16.7. The first-order valence-electron chi connectivity index (χ1n) is 9.30. The van der Waals surface area contributed by atoms with Crippen molar-refractivity contribution in [1.82, 2.24) is 19.9 Å². The summed E-state index contributed by atoms with van der Waals surface area (Å²) in [5, 5.41) is 4.78. The Morgan fingerprint density at radius 3 is 2.77 bits per heavy atom. The summed E-state index contributed by atoms with van der Waals surface area (Å²) in [6, 6.07) is 8.67. The highest BCUT2D eigenvalue weighted by molar-refractivity contribution is 8.00. The lowest BCUT2D eigenvalue weighted by molar-refractivity contribution is 0.636. The van der Waals surface area contributed by atoms with Gasteiger partial charge in [-0.2, -0.15) is 0 Å². The Morgan fingerprint density at radius 1 is 1.19 bits per heavy atom. The second kappa shape index (κ2) is 8.92. The molecule has 2 heterocycles. The Balaban J connectivity index is 1.69. The SMILES string of the molecule is CNCc1cc(Cl)cc(SNc2cccc(-c3cn(C)c4ncnc(N)c34)c2F)c1Cl. The molecule has 0 amide bonds. The van der Waals surface area contributed by atoms with Gasteiger partial charge in [-0.3, -0.25) is 0 Å². The standard InChI is InChI=1S/C21H19Cl2FN6S/c1-26-8-11-6-12(22)7-16(18(11)23)31-29-15-5-3-4-13(19(15)24)14-9-30(2)21-17(14)20(25)27-10-28-21/h3-7,9-10,26,29H,8H2,1-2H3,(H2,25,27,28). The van der Waals surface area contributed by atoms with Gasteiger partial charge in [-0.05, 0) is 42.8 Å². The molecule has 31 heavy (non-hydrogen) atoms. The number of halogens is 3. The number of aryl methyl sites for hydroxylation is 1. The van der Waals surface area contributed by atoms with E-state index >= 15 is 4.39 Å². The number of nitrogen functional groups attached to an aromatic ring is 1. The Hall–Kier alpha value is -2.52. The molecule has 0 radical (unpaired) electrons. The summed E-state index contributed by atoms with van der Waals surface area (Å²) in [5.74, 6) is -0.116. The van der Waals surface area contributed by atoms with Crippen molar-refractivity contribution >= 4 is 57.7 Å². The molecule has 160 valence electrons. The fraction of sp³-hybridized carbons (Fsp3) is 0.143. The number of nitrogens with two attached hydrogens (primary N) is 1. The molecule has 0 bridgehead atoms. The molecule has 4 rings (SSSR count). The molecule has 6 nitrogen and oxygen atoms in total. The minimum Gasteiger partial charge on any atom is -0.383 e. The van der Waals surface area contributed by atoms with E-state index in [9.17, 15) is 0 Å². The molecule has 0 aliphatic heterocycles. The first-order valence-corrected chi connectivity index (χ1v) is 10.9. The molecular weight excluding hydrogens is 458 g/mol. The summed E-state index contributed by atoms with van der Waals surface area (Å²) in [5.41, 5.74) is 8.88. The monoisotopic (exact) mass is 476 g/mol. The van der Waals surface area contributed by atoms with Crippen LogP contribution in [0.5, 0.6) is 0 Å². The Morgan fingerprint density at radius 2 is 2.00 bits per heavy atom. The van der Waals surface area contributed by atoms with Gasteiger partial charge < -0.3 is 20.3 Å². The van der Waals surface area contributed by atoms with Crippen LogP contribution < -0.4 is 15.8 Å². The van der Waals surface area contributed by atoms with Crippen LogP contribution in [0.4, 0.5) is 15.9 Å². The highest BCUT2D eigenvalue weighted by atomic mass is 35.5. The lowest BCUT2D eigenvalue weighted by Crippen LogP contribution is -2.06. The zero-order chi connectivity index (χ0) is 22.1. The molecule has 0 atom stereocenters. The summed E-state index contributed by atoms with van der Waals surface area (Å²) < 4.78 is 20.3. The van der Waals surface area contributed by atoms with Crippen LogP contribution in [0.2, 0.25) is 10.0 Å². The molecule has 4 aromatic rings. The second-order valence-corrected chi connectivity index (χ2v) is 8.55. The molecule has 0 aliphatic carbocycles. The Kier molecular flexibility index (Phi) is 6.24. The maximum atomic E-state index is 15.5. The molecular formula is C21H19Cl2FN6S. The van der Waals surface area contributed by atoms with Crippen LogP contribution in [0.1, 0.15) is 5.56 Å². The summed E-state index contributed by atoms with van der Waals surface area (Å²) >= 11 is 13.9. The maximum Gasteiger partial charge on any atom is 0.155 e. The molecule has 2 aromatic carbocycles. The Labute approximate surface area is 193 Å². The van der Waals surface area contributed by atoms with Gasteiger partial charge in [0.2, 0.25) is 0 Å². The topological polar surface area (TPSA) is 80.8 Å². The second-order valence-electron chi connectivity index (χ2n) is 6.89. The smallest absolute Gasteiger partial charge is 0.155 e. The minimum atomic E-state index is -0.417. The minimum absolute atomic E-state index is 0.301. The van der Waals surface area contributed by atoms with Gasteiger partial charge in [0.05, 0.1) is 16.1 Å². The number of hydrogen-bond donors (Lipinski definition) is 3. The summed E-state index contributed by atoms with van der Waals surface area (Å²) in [4.78, 5) is 9.01. The van der Waals surface area contributed by atoms with Crippen LogP contribution in [-0.2, 0) is 13.6 Å². The van der Waals surface area contributed by atoms with Crippen molar-refractivity contribution < 1.29 is 4.39 Å². The van der Waals surface area contributed by atoms with Crippen LogP contribution in [-0.4, -0.2) is 21.6 Å². The number of nitrogens with zero attached hydrogens (tertiary/aromatic N) is 3.